The first-order valence-corrected chi connectivity index (χ1v) is 4.51. The van der Waals surface area contributed by atoms with Crippen molar-refractivity contribution in [3.63, 3.8) is 0 Å². The zero-order valence-corrected chi connectivity index (χ0v) is 9.06. The lowest BCUT2D eigenvalue weighted by Crippen LogP contribution is -2.05. The molecule has 5 heteroatoms. The van der Waals surface area contributed by atoms with Crippen molar-refractivity contribution in [2.45, 2.75) is 0 Å². The van der Waals surface area contributed by atoms with Crippen LogP contribution < -0.4 is 15.2 Å². The van der Waals surface area contributed by atoms with Gasteiger partial charge in [0.05, 0.1) is 19.8 Å². The molecule has 0 fully saturated rings. The third-order valence-electron chi connectivity index (χ3n) is 1.94. The number of phenolic OH excluding ortho intramolecular Hbond substituents is 1. The Labute approximate surface area is 93.1 Å². The number of carbonyl (C=O) groups is 1. The molecule has 1 amide bonds. The molecule has 0 heterocycles. The maximum Gasteiger partial charge on any atom is 0.241 e. The minimum atomic E-state index is -0.572. The van der Waals surface area contributed by atoms with Crippen LogP contribution in [0.25, 0.3) is 6.08 Å². The molecule has 0 radical (unpaired) electrons. The van der Waals surface area contributed by atoms with E-state index in [0.29, 0.717) is 17.1 Å². The minimum Gasteiger partial charge on any atom is -0.508 e. The second-order valence-electron chi connectivity index (χ2n) is 3.00. The van der Waals surface area contributed by atoms with Gasteiger partial charge in [0.1, 0.15) is 17.2 Å². The molecule has 0 aliphatic heterocycles. The molecular formula is C11H13NO4. The Kier molecular flexibility index (Phi) is 3.77. The normalized spacial score (nSPS) is 10.4. The van der Waals surface area contributed by atoms with Crippen molar-refractivity contribution in [2.24, 2.45) is 5.73 Å². The van der Waals surface area contributed by atoms with Crippen molar-refractivity contribution >= 4 is 12.0 Å². The third kappa shape index (κ3) is 2.66. The highest BCUT2D eigenvalue weighted by atomic mass is 16.5. The number of carbonyl (C=O) groups excluding carboxylic acids is 1. The first kappa shape index (κ1) is 11.9. The van der Waals surface area contributed by atoms with Gasteiger partial charge in [0.25, 0.3) is 0 Å². The lowest BCUT2D eigenvalue weighted by molar-refractivity contribution is -0.113. The monoisotopic (exact) mass is 223 g/mol. The van der Waals surface area contributed by atoms with Gasteiger partial charge in [-0.2, -0.15) is 0 Å². The number of aromatic hydroxyl groups is 1. The molecule has 3 N–H and O–H groups in total. The predicted molar refractivity (Wildman–Crippen MR) is 59.4 cm³/mol. The van der Waals surface area contributed by atoms with Gasteiger partial charge < -0.3 is 20.3 Å². The molecule has 0 spiro atoms. The van der Waals surface area contributed by atoms with Gasteiger partial charge in [-0.25, -0.2) is 0 Å². The van der Waals surface area contributed by atoms with Crippen LogP contribution in [0.5, 0.6) is 17.2 Å². The molecule has 0 aromatic heterocycles. The van der Waals surface area contributed by atoms with Gasteiger partial charge in [-0.15, -0.1) is 0 Å². The summed E-state index contributed by atoms with van der Waals surface area (Å²) in [7, 11) is 2.91. The molecule has 0 aliphatic rings. The number of ether oxygens (including phenoxy) is 2. The Balaban J connectivity index is 3.27. The van der Waals surface area contributed by atoms with Crippen LogP contribution >= 0.6 is 0 Å². The van der Waals surface area contributed by atoms with Crippen LogP contribution in [-0.4, -0.2) is 25.2 Å². The van der Waals surface area contributed by atoms with Crippen LogP contribution in [0.2, 0.25) is 0 Å². The summed E-state index contributed by atoms with van der Waals surface area (Å²) in [5.41, 5.74) is 5.54. The molecule has 0 atom stereocenters. The molecule has 0 aliphatic carbocycles. The molecule has 1 aromatic rings. The fourth-order valence-corrected chi connectivity index (χ4v) is 1.25. The van der Waals surface area contributed by atoms with Crippen molar-refractivity contribution in [1.29, 1.82) is 0 Å². The summed E-state index contributed by atoms with van der Waals surface area (Å²) in [5.74, 6) is 0.241. The number of phenols is 1. The first-order chi connectivity index (χ1) is 7.58. The number of amides is 1. The average molecular weight is 223 g/mol. The lowest BCUT2D eigenvalue weighted by atomic mass is 10.1. The Morgan fingerprint density at radius 3 is 2.19 bits per heavy atom. The van der Waals surface area contributed by atoms with Crippen molar-refractivity contribution in [3.05, 3.63) is 23.8 Å². The van der Waals surface area contributed by atoms with Gasteiger partial charge in [-0.05, 0) is 6.08 Å². The van der Waals surface area contributed by atoms with Crippen LogP contribution in [-0.2, 0) is 4.79 Å². The number of hydrogen-bond acceptors (Lipinski definition) is 4. The average Bonchev–Trinajstić information content (AvgIpc) is 2.25. The van der Waals surface area contributed by atoms with E-state index >= 15 is 0 Å². The smallest absolute Gasteiger partial charge is 0.241 e. The standard InChI is InChI=1S/C11H13NO4/c1-15-9-5-7(13)6-10(16-2)8(9)3-4-11(12)14/h3-6,13H,1-2H3,(H2,12,14)/b4-3+. The van der Waals surface area contributed by atoms with Crippen molar-refractivity contribution < 1.29 is 19.4 Å². The summed E-state index contributed by atoms with van der Waals surface area (Å²) in [4.78, 5) is 10.6. The van der Waals surface area contributed by atoms with E-state index in [9.17, 15) is 9.90 Å². The van der Waals surface area contributed by atoms with Crippen molar-refractivity contribution in [2.75, 3.05) is 14.2 Å². The fraction of sp³-hybridized carbons (Fsp3) is 0.182. The molecule has 0 saturated heterocycles. The highest BCUT2D eigenvalue weighted by Gasteiger charge is 2.09. The van der Waals surface area contributed by atoms with E-state index in [4.69, 9.17) is 15.2 Å². The van der Waals surface area contributed by atoms with Gasteiger partial charge in [0.15, 0.2) is 0 Å². The lowest BCUT2D eigenvalue weighted by Gasteiger charge is -2.10. The van der Waals surface area contributed by atoms with E-state index in [1.54, 1.807) is 0 Å². The van der Waals surface area contributed by atoms with E-state index < -0.39 is 5.91 Å². The van der Waals surface area contributed by atoms with Gasteiger partial charge in [0.2, 0.25) is 5.91 Å². The summed E-state index contributed by atoms with van der Waals surface area (Å²) in [5, 5.41) is 9.38. The summed E-state index contributed by atoms with van der Waals surface area (Å²) in [6.45, 7) is 0. The van der Waals surface area contributed by atoms with E-state index in [0.717, 1.165) is 0 Å². The second kappa shape index (κ2) is 5.06. The van der Waals surface area contributed by atoms with E-state index in [1.807, 2.05) is 0 Å². The van der Waals surface area contributed by atoms with Crippen LogP contribution in [0, 0.1) is 0 Å². The number of methoxy groups -OCH3 is 2. The number of hydrogen-bond donors (Lipinski definition) is 2. The maximum atomic E-state index is 10.6. The summed E-state index contributed by atoms with van der Waals surface area (Å²) in [6, 6.07) is 2.84. The van der Waals surface area contributed by atoms with Crippen LogP contribution in [0.15, 0.2) is 18.2 Å². The largest absolute Gasteiger partial charge is 0.508 e. The Morgan fingerprint density at radius 2 is 1.81 bits per heavy atom. The van der Waals surface area contributed by atoms with Gasteiger partial charge in [0, 0.05) is 18.2 Å². The summed E-state index contributed by atoms with van der Waals surface area (Å²) < 4.78 is 10.1. The van der Waals surface area contributed by atoms with Gasteiger partial charge in [-0.3, -0.25) is 4.79 Å². The highest BCUT2D eigenvalue weighted by Crippen LogP contribution is 2.34. The summed E-state index contributed by atoms with van der Waals surface area (Å²) >= 11 is 0. The Bertz CT molecular complexity index is 401. The third-order valence-corrected chi connectivity index (χ3v) is 1.94. The molecule has 0 bridgehead atoms. The predicted octanol–water partition coefficient (Wildman–Crippen LogP) is 0.908. The number of nitrogens with two attached hydrogens (primary N) is 1. The second-order valence-corrected chi connectivity index (χ2v) is 3.00. The van der Waals surface area contributed by atoms with E-state index in [1.165, 1.54) is 38.5 Å². The highest BCUT2D eigenvalue weighted by molar-refractivity contribution is 5.91. The maximum absolute atomic E-state index is 10.6. The minimum absolute atomic E-state index is 0.0184. The molecule has 1 aromatic carbocycles. The van der Waals surface area contributed by atoms with Crippen molar-refractivity contribution in [1.82, 2.24) is 0 Å². The zero-order valence-electron chi connectivity index (χ0n) is 9.06. The Morgan fingerprint density at radius 1 is 1.31 bits per heavy atom. The van der Waals surface area contributed by atoms with E-state index in [2.05, 4.69) is 0 Å². The molecule has 1 rings (SSSR count). The van der Waals surface area contributed by atoms with Crippen LogP contribution in [0.3, 0.4) is 0 Å². The number of rotatable bonds is 4. The molecule has 0 saturated carbocycles. The summed E-state index contributed by atoms with van der Waals surface area (Å²) in [6.07, 6.45) is 2.66. The molecule has 5 nitrogen and oxygen atoms in total. The Hall–Kier alpha value is -2.17. The quantitative estimate of drug-likeness (QED) is 0.743. The van der Waals surface area contributed by atoms with Crippen molar-refractivity contribution in [3.8, 4) is 17.2 Å². The first-order valence-electron chi connectivity index (χ1n) is 4.51. The molecular weight excluding hydrogens is 210 g/mol. The SMILES string of the molecule is COc1cc(O)cc(OC)c1/C=C/C(N)=O. The zero-order chi connectivity index (χ0) is 12.1. The fourth-order valence-electron chi connectivity index (χ4n) is 1.25. The van der Waals surface area contributed by atoms with Crippen LogP contribution in [0.4, 0.5) is 0 Å². The number of benzene rings is 1. The molecule has 86 valence electrons. The number of primary amides is 1. The van der Waals surface area contributed by atoms with Crippen LogP contribution in [0.1, 0.15) is 5.56 Å². The van der Waals surface area contributed by atoms with Gasteiger partial charge >= 0.3 is 0 Å². The van der Waals surface area contributed by atoms with Gasteiger partial charge in [-0.1, -0.05) is 0 Å². The molecule has 0 unspecified atom stereocenters. The molecule has 16 heavy (non-hydrogen) atoms. The van der Waals surface area contributed by atoms with E-state index in [-0.39, 0.29) is 5.75 Å². The topological polar surface area (TPSA) is 81.8 Å².